The van der Waals surface area contributed by atoms with Crippen molar-refractivity contribution in [1.82, 2.24) is 14.7 Å². The lowest BCUT2D eigenvalue weighted by Crippen LogP contribution is -2.28. The van der Waals surface area contributed by atoms with Crippen LogP contribution in [0.15, 0.2) is 24.4 Å². The van der Waals surface area contributed by atoms with Gasteiger partial charge in [0.15, 0.2) is 5.88 Å². The second-order valence-corrected chi connectivity index (χ2v) is 4.93. The number of rotatable bonds is 3. The van der Waals surface area contributed by atoms with Crippen LogP contribution in [0.1, 0.15) is 18.5 Å². The first-order valence-electron chi connectivity index (χ1n) is 6.58. The number of imidazole rings is 1. The molecule has 3 rings (SSSR count). The standard InChI is InChI=1S/C14H19N3O/c1-18-14-4-2-3-13-16-12(10-17(13)14)9-11-5-7-15-8-6-11/h2-4,10-11,15H,5-9H2,1H3. The molecule has 4 nitrogen and oxygen atoms in total. The predicted molar refractivity (Wildman–Crippen MR) is 71.0 cm³/mol. The van der Waals surface area contributed by atoms with E-state index >= 15 is 0 Å². The van der Waals surface area contributed by atoms with Crippen molar-refractivity contribution in [3.05, 3.63) is 30.1 Å². The highest BCUT2D eigenvalue weighted by Gasteiger charge is 2.15. The van der Waals surface area contributed by atoms with E-state index in [1.165, 1.54) is 18.5 Å². The Morgan fingerprint density at radius 2 is 2.22 bits per heavy atom. The van der Waals surface area contributed by atoms with Crippen LogP contribution < -0.4 is 10.1 Å². The normalized spacial score (nSPS) is 17.2. The summed E-state index contributed by atoms with van der Waals surface area (Å²) >= 11 is 0. The van der Waals surface area contributed by atoms with Gasteiger partial charge in [0, 0.05) is 6.20 Å². The van der Waals surface area contributed by atoms with Crippen molar-refractivity contribution >= 4 is 5.65 Å². The van der Waals surface area contributed by atoms with Crippen molar-refractivity contribution in [2.75, 3.05) is 20.2 Å². The van der Waals surface area contributed by atoms with Gasteiger partial charge in [-0.2, -0.15) is 0 Å². The number of pyridine rings is 1. The Hall–Kier alpha value is -1.55. The number of nitrogens with zero attached hydrogens (tertiary/aromatic N) is 2. The Kier molecular flexibility index (Phi) is 3.19. The summed E-state index contributed by atoms with van der Waals surface area (Å²) in [5.41, 5.74) is 2.14. The lowest BCUT2D eigenvalue weighted by atomic mass is 9.93. The number of nitrogens with one attached hydrogen (secondary N) is 1. The first kappa shape index (κ1) is 11.5. The number of hydrogen-bond donors (Lipinski definition) is 1. The summed E-state index contributed by atoms with van der Waals surface area (Å²) in [5.74, 6) is 1.61. The zero-order chi connectivity index (χ0) is 12.4. The maximum absolute atomic E-state index is 5.34. The molecule has 2 aromatic heterocycles. The molecule has 3 heterocycles. The van der Waals surface area contributed by atoms with Crippen molar-refractivity contribution in [3.8, 4) is 5.88 Å². The lowest BCUT2D eigenvalue weighted by Gasteiger charge is -2.21. The van der Waals surface area contributed by atoms with Gasteiger partial charge in [-0.25, -0.2) is 4.98 Å². The number of ether oxygens (including phenoxy) is 1. The van der Waals surface area contributed by atoms with Gasteiger partial charge in [-0.1, -0.05) is 6.07 Å². The van der Waals surface area contributed by atoms with Gasteiger partial charge < -0.3 is 10.1 Å². The fourth-order valence-corrected chi connectivity index (χ4v) is 2.68. The van der Waals surface area contributed by atoms with Crippen LogP contribution in [0.4, 0.5) is 0 Å². The van der Waals surface area contributed by atoms with E-state index < -0.39 is 0 Å². The van der Waals surface area contributed by atoms with Crippen molar-refractivity contribution in [2.24, 2.45) is 5.92 Å². The number of hydrogen-bond acceptors (Lipinski definition) is 3. The Bertz CT molecular complexity index is 529. The molecule has 0 amide bonds. The Morgan fingerprint density at radius 3 is 3.00 bits per heavy atom. The molecule has 0 unspecified atom stereocenters. The van der Waals surface area contributed by atoms with E-state index in [9.17, 15) is 0 Å². The SMILES string of the molecule is COc1cccc2nc(CC3CCNCC3)cn12. The van der Waals surface area contributed by atoms with Gasteiger partial charge in [-0.3, -0.25) is 4.40 Å². The van der Waals surface area contributed by atoms with Crippen molar-refractivity contribution < 1.29 is 4.74 Å². The number of methoxy groups -OCH3 is 1. The maximum Gasteiger partial charge on any atom is 0.198 e. The summed E-state index contributed by atoms with van der Waals surface area (Å²) < 4.78 is 7.37. The van der Waals surface area contributed by atoms with E-state index in [2.05, 4.69) is 16.5 Å². The van der Waals surface area contributed by atoms with Crippen molar-refractivity contribution in [1.29, 1.82) is 0 Å². The third kappa shape index (κ3) is 2.20. The molecule has 0 radical (unpaired) electrons. The summed E-state index contributed by atoms with van der Waals surface area (Å²) in [4.78, 5) is 4.68. The fraction of sp³-hybridized carbons (Fsp3) is 0.500. The molecule has 1 aliphatic heterocycles. The van der Waals surface area contributed by atoms with Gasteiger partial charge in [-0.15, -0.1) is 0 Å². The Balaban J connectivity index is 1.84. The summed E-state index contributed by atoms with van der Waals surface area (Å²) in [6.07, 6.45) is 5.69. The third-order valence-corrected chi connectivity index (χ3v) is 3.67. The summed E-state index contributed by atoms with van der Waals surface area (Å²) in [6, 6.07) is 5.97. The summed E-state index contributed by atoms with van der Waals surface area (Å²) in [5, 5.41) is 3.40. The van der Waals surface area contributed by atoms with Crippen LogP contribution in [-0.2, 0) is 6.42 Å². The number of piperidine rings is 1. The molecule has 1 N–H and O–H groups in total. The smallest absolute Gasteiger partial charge is 0.198 e. The average Bonchev–Trinajstić information content (AvgIpc) is 2.82. The van der Waals surface area contributed by atoms with E-state index in [1.54, 1.807) is 7.11 Å². The first-order chi connectivity index (χ1) is 8.86. The van der Waals surface area contributed by atoms with Gasteiger partial charge >= 0.3 is 0 Å². The van der Waals surface area contributed by atoms with Crippen LogP contribution in [-0.4, -0.2) is 29.6 Å². The number of fused-ring (bicyclic) bond motifs is 1. The number of aromatic nitrogens is 2. The van der Waals surface area contributed by atoms with Gasteiger partial charge in [-0.05, 0) is 50.4 Å². The Morgan fingerprint density at radius 1 is 1.39 bits per heavy atom. The van der Waals surface area contributed by atoms with Gasteiger partial charge in [0.05, 0.1) is 12.8 Å². The monoisotopic (exact) mass is 245 g/mol. The highest BCUT2D eigenvalue weighted by atomic mass is 16.5. The van der Waals surface area contributed by atoms with E-state index in [0.29, 0.717) is 0 Å². The van der Waals surface area contributed by atoms with Crippen molar-refractivity contribution in [3.63, 3.8) is 0 Å². The van der Waals surface area contributed by atoms with E-state index in [1.807, 2.05) is 22.6 Å². The van der Waals surface area contributed by atoms with Crippen LogP contribution in [0.3, 0.4) is 0 Å². The molecule has 1 saturated heterocycles. The molecule has 18 heavy (non-hydrogen) atoms. The molecule has 4 heteroatoms. The molecule has 2 aromatic rings. The van der Waals surface area contributed by atoms with Crippen LogP contribution in [0.25, 0.3) is 5.65 Å². The van der Waals surface area contributed by atoms with Gasteiger partial charge in [0.1, 0.15) is 5.65 Å². The minimum Gasteiger partial charge on any atom is -0.482 e. The molecule has 0 spiro atoms. The second kappa shape index (κ2) is 4.98. The summed E-state index contributed by atoms with van der Waals surface area (Å²) in [6.45, 7) is 2.28. The van der Waals surface area contributed by atoms with E-state index in [0.717, 1.165) is 37.0 Å². The molecule has 0 bridgehead atoms. The predicted octanol–water partition coefficient (Wildman–Crippen LogP) is 1.88. The molecule has 1 fully saturated rings. The average molecular weight is 245 g/mol. The zero-order valence-corrected chi connectivity index (χ0v) is 10.7. The van der Waals surface area contributed by atoms with Crippen molar-refractivity contribution in [2.45, 2.75) is 19.3 Å². The molecule has 1 aliphatic rings. The van der Waals surface area contributed by atoms with Gasteiger partial charge in [0.25, 0.3) is 0 Å². The third-order valence-electron chi connectivity index (χ3n) is 3.67. The molecule has 0 aromatic carbocycles. The van der Waals surface area contributed by atoms with Crippen LogP contribution in [0, 0.1) is 5.92 Å². The summed E-state index contributed by atoms with van der Waals surface area (Å²) in [7, 11) is 1.70. The molecular weight excluding hydrogens is 226 g/mol. The second-order valence-electron chi connectivity index (χ2n) is 4.93. The van der Waals surface area contributed by atoms with Crippen LogP contribution in [0.5, 0.6) is 5.88 Å². The Labute approximate surface area is 107 Å². The lowest BCUT2D eigenvalue weighted by molar-refractivity contribution is 0.370. The van der Waals surface area contributed by atoms with Crippen LogP contribution in [0.2, 0.25) is 0 Å². The molecule has 96 valence electrons. The molecule has 0 atom stereocenters. The quantitative estimate of drug-likeness (QED) is 0.897. The first-order valence-corrected chi connectivity index (χ1v) is 6.58. The largest absolute Gasteiger partial charge is 0.482 e. The zero-order valence-electron chi connectivity index (χ0n) is 10.7. The molecule has 0 aliphatic carbocycles. The van der Waals surface area contributed by atoms with Crippen LogP contribution >= 0.6 is 0 Å². The topological polar surface area (TPSA) is 38.6 Å². The fourth-order valence-electron chi connectivity index (χ4n) is 2.68. The maximum atomic E-state index is 5.34. The highest BCUT2D eigenvalue weighted by molar-refractivity contribution is 5.43. The van der Waals surface area contributed by atoms with Gasteiger partial charge in [0.2, 0.25) is 0 Å². The highest BCUT2D eigenvalue weighted by Crippen LogP contribution is 2.20. The minimum atomic E-state index is 0.766. The minimum absolute atomic E-state index is 0.766. The molecular formula is C14H19N3O. The molecule has 0 saturated carbocycles. The van der Waals surface area contributed by atoms with E-state index in [4.69, 9.17) is 4.74 Å². The van der Waals surface area contributed by atoms with E-state index in [-0.39, 0.29) is 0 Å².